The van der Waals surface area contributed by atoms with Crippen molar-refractivity contribution in [1.29, 1.82) is 0 Å². The van der Waals surface area contributed by atoms with E-state index in [0.717, 1.165) is 35.8 Å². The molecule has 0 unspecified atom stereocenters. The highest BCUT2D eigenvalue weighted by Crippen LogP contribution is 2.27. The summed E-state index contributed by atoms with van der Waals surface area (Å²) in [5, 5.41) is 6.20. The molecule has 5 heteroatoms. The molecule has 0 spiro atoms. The van der Waals surface area contributed by atoms with Gasteiger partial charge in [0, 0.05) is 24.3 Å². The zero-order valence-corrected chi connectivity index (χ0v) is 14.4. The van der Waals surface area contributed by atoms with Gasteiger partial charge in [-0.05, 0) is 48.4 Å². The Morgan fingerprint density at radius 3 is 2.25 bits per heavy atom. The molecule has 0 aromatic heterocycles. The van der Waals surface area contributed by atoms with Gasteiger partial charge in [-0.15, -0.1) is 0 Å². The maximum absolute atomic E-state index is 11.3. The number of carbonyl (C=O) groups excluding carboxylic acids is 1. The first-order valence-corrected chi connectivity index (χ1v) is 8.01. The minimum atomic E-state index is 0.0177. The van der Waals surface area contributed by atoms with Crippen molar-refractivity contribution in [3.05, 3.63) is 48.0 Å². The lowest BCUT2D eigenvalue weighted by molar-refractivity contribution is -0.115. The molecule has 2 N–H and O–H groups in total. The Morgan fingerprint density at radius 1 is 0.958 bits per heavy atom. The average molecular weight is 328 g/mol. The number of rotatable bonds is 8. The summed E-state index contributed by atoms with van der Waals surface area (Å²) in [4.78, 5) is 11.3. The van der Waals surface area contributed by atoms with Gasteiger partial charge in [-0.25, -0.2) is 0 Å². The minimum Gasteiger partial charge on any atom is -0.493 e. The Kier molecular flexibility index (Phi) is 6.49. The second-order valence-electron chi connectivity index (χ2n) is 5.35. The molecule has 0 heterocycles. The Hall–Kier alpha value is -2.69. The summed E-state index contributed by atoms with van der Waals surface area (Å²) < 4.78 is 10.6. The van der Waals surface area contributed by atoms with E-state index in [4.69, 9.17) is 9.47 Å². The van der Waals surface area contributed by atoms with Crippen molar-refractivity contribution < 1.29 is 14.3 Å². The van der Waals surface area contributed by atoms with Crippen molar-refractivity contribution in [3.63, 3.8) is 0 Å². The molecule has 2 rings (SSSR count). The van der Waals surface area contributed by atoms with Gasteiger partial charge in [-0.3, -0.25) is 4.79 Å². The molecular weight excluding hydrogens is 304 g/mol. The van der Waals surface area contributed by atoms with Crippen LogP contribution >= 0.6 is 0 Å². The second-order valence-corrected chi connectivity index (χ2v) is 5.35. The Labute approximate surface area is 143 Å². The van der Waals surface area contributed by atoms with Gasteiger partial charge in [-0.2, -0.15) is 0 Å². The number of benzene rings is 2. The summed E-state index contributed by atoms with van der Waals surface area (Å²) in [6.45, 7) is 2.63. The Bertz CT molecular complexity index is 669. The lowest BCUT2D eigenvalue weighted by Gasteiger charge is -2.11. The van der Waals surface area contributed by atoms with Gasteiger partial charge in [0.1, 0.15) is 0 Å². The highest BCUT2D eigenvalue weighted by molar-refractivity contribution is 5.90. The summed E-state index contributed by atoms with van der Waals surface area (Å²) in [7, 11) is 3.27. The number of carbonyl (C=O) groups is 1. The quantitative estimate of drug-likeness (QED) is 0.775. The molecule has 128 valence electrons. The predicted molar refractivity (Wildman–Crippen MR) is 97.1 cm³/mol. The fraction of sp³-hybridized carbons (Fsp3) is 0.316. The Balaban J connectivity index is 1.86. The van der Waals surface area contributed by atoms with Crippen LogP contribution in [0.1, 0.15) is 18.9 Å². The van der Waals surface area contributed by atoms with Crippen molar-refractivity contribution in [3.8, 4) is 11.5 Å². The SMILES string of the molecule is CCC(=O)Nc1ccc(NCCc2ccc(OC)c(OC)c2)cc1. The molecule has 5 nitrogen and oxygen atoms in total. The minimum absolute atomic E-state index is 0.0177. The highest BCUT2D eigenvalue weighted by Gasteiger charge is 2.04. The van der Waals surface area contributed by atoms with E-state index in [-0.39, 0.29) is 5.91 Å². The van der Waals surface area contributed by atoms with E-state index in [9.17, 15) is 4.79 Å². The van der Waals surface area contributed by atoms with Gasteiger partial charge in [-0.1, -0.05) is 13.0 Å². The fourth-order valence-corrected chi connectivity index (χ4v) is 2.31. The molecule has 2 aromatic carbocycles. The number of hydrogen-bond acceptors (Lipinski definition) is 4. The molecule has 0 saturated heterocycles. The lowest BCUT2D eigenvalue weighted by atomic mass is 10.1. The van der Waals surface area contributed by atoms with Crippen LogP contribution in [0, 0.1) is 0 Å². The molecule has 0 saturated carbocycles. The molecule has 2 aromatic rings. The monoisotopic (exact) mass is 328 g/mol. The number of amides is 1. The van der Waals surface area contributed by atoms with E-state index in [2.05, 4.69) is 10.6 Å². The molecule has 0 radical (unpaired) electrons. The topological polar surface area (TPSA) is 59.6 Å². The van der Waals surface area contributed by atoms with Crippen LogP contribution in [0.3, 0.4) is 0 Å². The van der Waals surface area contributed by atoms with Crippen LogP contribution in [0.5, 0.6) is 11.5 Å². The van der Waals surface area contributed by atoms with Gasteiger partial charge in [0.25, 0.3) is 0 Å². The molecule has 0 fully saturated rings. The standard InChI is InChI=1S/C19H24N2O3/c1-4-19(22)21-16-8-6-15(7-9-16)20-12-11-14-5-10-17(23-2)18(13-14)24-3/h5-10,13,20H,4,11-12H2,1-3H3,(H,21,22). The smallest absolute Gasteiger partial charge is 0.224 e. The first kappa shape index (κ1) is 17.7. The third kappa shape index (κ3) is 4.91. The summed E-state index contributed by atoms with van der Waals surface area (Å²) in [5.74, 6) is 1.49. The first-order valence-electron chi connectivity index (χ1n) is 8.01. The van der Waals surface area contributed by atoms with Crippen LogP contribution in [-0.4, -0.2) is 26.7 Å². The fourth-order valence-electron chi connectivity index (χ4n) is 2.31. The van der Waals surface area contributed by atoms with Crippen LogP contribution in [-0.2, 0) is 11.2 Å². The van der Waals surface area contributed by atoms with Gasteiger partial charge in [0.15, 0.2) is 11.5 Å². The largest absolute Gasteiger partial charge is 0.493 e. The van der Waals surface area contributed by atoms with E-state index in [1.54, 1.807) is 14.2 Å². The van der Waals surface area contributed by atoms with Crippen LogP contribution in [0.4, 0.5) is 11.4 Å². The van der Waals surface area contributed by atoms with Crippen molar-refractivity contribution in [2.24, 2.45) is 0 Å². The number of anilines is 2. The molecule has 0 aliphatic carbocycles. The summed E-state index contributed by atoms with van der Waals surface area (Å²) in [5.41, 5.74) is 3.00. The normalized spacial score (nSPS) is 10.1. The molecule has 1 amide bonds. The van der Waals surface area contributed by atoms with Crippen LogP contribution in [0.15, 0.2) is 42.5 Å². The van der Waals surface area contributed by atoms with E-state index in [0.29, 0.717) is 6.42 Å². The molecule has 24 heavy (non-hydrogen) atoms. The summed E-state index contributed by atoms with van der Waals surface area (Å²) in [6, 6.07) is 13.6. The van der Waals surface area contributed by atoms with Crippen molar-refractivity contribution in [2.75, 3.05) is 31.4 Å². The van der Waals surface area contributed by atoms with Crippen LogP contribution in [0.25, 0.3) is 0 Å². The molecular formula is C19H24N2O3. The first-order chi connectivity index (χ1) is 11.7. The molecule has 0 bridgehead atoms. The zero-order chi connectivity index (χ0) is 17.4. The second kappa shape index (κ2) is 8.82. The average Bonchev–Trinajstić information content (AvgIpc) is 2.62. The van der Waals surface area contributed by atoms with Crippen LogP contribution < -0.4 is 20.1 Å². The molecule has 0 atom stereocenters. The van der Waals surface area contributed by atoms with Crippen molar-refractivity contribution in [2.45, 2.75) is 19.8 Å². The van der Waals surface area contributed by atoms with Crippen LogP contribution in [0.2, 0.25) is 0 Å². The van der Waals surface area contributed by atoms with Gasteiger partial charge < -0.3 is 20.1 Å². The predicted octanol–water partition coefficient (Wildman–Crippen LogP) is 3.71. The number of methoxy groups -OCH3 is 2. The van der Waals surface area contributed by atoms with Crippen molar-refractivity contribution in [1.82, 2.24) is 0 Å². The number of ether oxygens (including phenoxy) is 2. The maximum atomic E-state index is 11.3. The lowest BCUT2D eigenvalue weighted by Crippen LogP contribution is -2.09. The number of nitrogens with one attached hydrogen (secondary N) is 2. The van der Waals surface area contributed by atoms with E-state index < -0.39 is 0 Å². The maximum Gasteiger partial charge on any atom is 0.224 e. The van der Waals surface area contributed by atoms with Gasteiger partial charge in [0.2, 0.25) is 5.91 Å². The third-order valence-electron chi connectivity index (χ3n) is 3.68. The van der Waals surface area contributed by atoms with E-state index >= 15 is 0 Å². The Morgan fingerprint density at radius 2 is 1.62 bits per heavy atom. The van der Waals surface area contributed by atoms with Gasteiger partial charge >= 0.3 is 0 Å². The summed E-state index contributed by atoms with van der Waals surface area (Å²) in [6.07, 6.45) is 1.35. The van der Waals surface area contributed by atoms with E-state index in [1.807, 2.05) is 49.4 Å². The summed E-state index contributed by atoms with van der Waals surface area (Å²) >= 11 is 0. The van der Waals surface area contributed by atoms with Gasteiger partial charge in [0.05, 0.1) is 14.2 Å². The zero-order valence-electron chi connectivity index (χ0n) is 14.4. The number of hydrogen-bond donors (Lipinski definition) is 2. The molecule has 0 aliphatic heterocycles. The highest BCUT2D eigenvalue weighted by atomic mass is 16.5. The third-order valence-corrected chi connectivity index (χ3v) is 3.68. The molecule has 0 aliphatic rings. The van der Waals surface area contributed by atoms with Crippen molar-refractivity contribution >= 4 is 17.3 Å². The van der Waals surface area contributed by atoms with E-state index in [1.165, 1.54) is 5.56 Å².